The number of rotatable bonds is 0. The molecule has 0 fully saturated rings. The Labute approximate surface area is 67.3 Å². The van der Waals surface area contributed by atoms with Gasteiger partial charge in [0.05, 0.1) is 11.0 Å². The van der Waals surface area contributed by atoms with E-state index in [1.165, 1.54) is 6.08 Å². The van der Waals surface area contributed by atoms with Gasteiger partial charge in [-0.05, 0) is 6.42 Å². The average molecular weight is 183 g/mol. The van der Waals surface area contributed by atoms with Crippen LogP contribution < -0.4 is 0 Å². The molecular formula is C7H6ClF3. The molecule has 0 nitrogen and oxygen atoms in total. The zero-order valence-corrected chi connectivity index (χ0v) is 6.28. The van der Waals surface area contributed by atoms with Crippen molar-refractivity contribution in [3.63, 3.8) is 0 Å². The van der Waals surface area contributed by atoms with Crippen molar-refractivity contribution in [2.75, 3.05) is 0 Å². The molecule has 0 heterocycles. The van der Waals surface area contributed by atoms with E-state index in [0.29, 0.717) is 0 Å². The predicted molar refractivity (Wildman–Crippen MR) is 37.5 cm³/mol. The minimum atomic E-state index is -4.23. The van der Waals surface area contributed by atoms with E-state index >= 15 is 0 Å². The Kier molecular flexibility index (Phi) is 2.28. The summed E-state index contributed by atoms with van der Waals surface area (Å²) in [7, 11) is 0. The number of halogens is 4. The lowest BCUT2D eigenvalue weighted by Gasteiger charge is -2.12. The Bertz CT molecular complexity index is 202. The molecule has 62 valence electrons. The van der Waals surface area contributed by atoms with Gasteiger partial charge in [0, 0.05) is 0 Å². The van der Waals surface area contributed by atoms with Gasteiger partial charge < -0.3 is 0 Å². The molecule has 0 aromatic heterocycles. The van der Waals surface area contributed by atoms with E-state index in [0.717, 1.165) is 12.2 Å². The summed E-state index contributed by atoms with van der Waals surface area (Å²) >= 11 is 5.53. The topological polar surface area (TPSA) is 0 Å². The van der Waals surface area contributed by atoms with Gasteiger partial charge >= 0.3 is 6.18 Å². The van der Waals surface area contributed by atoms with E-state index in [1.54, 1.807) is 0 Å². The summed E-state index contributed by atoms with van der Waals surface area (Å²) in [4.78, 5) is 0. The van der Waals surface area contributed by atoms with Crippen molar-refractivity contribution in [2.45, 2.75) is 18.0 Å². The molecule has 0 amide bonds. The SMILES string of the molecule is FC(F)(F)C1=CCC(Cl)C=C1. The fraction of sp³-hybridized carbons (Fsp3) is 0.429. The van der Waals surface area contributed by atoms with Crippen LogP contribution in [0.4, 0.5) is 13.2 Å². The van der Waals surface area contributed by atoms with E-state index in [9.17, 15) is 13.2 Å². The molecule has 0 N–H and O–H groups in total. The number of hydrogen-bond acceptors (Lipinski definition) is 0. The van der Waals surface area contributed by atoms with Crippen LogP contribution in [0.15, 0.2) is 23.8 Å². The van der Waals surface area contributed by atoms with Crippen molar-refractivity contribution in [3.8, 4) is 0 Å². The molecule has 0 radical (unpaired) electrons. The molecule has 1 rings (SSSR count). The molecule has 11 heavy (non-hydrogen) atoms. The zero-order valence-electron chi connectivity index (χ0n) is 5.53. The summed E-state index contributed by atoms with van der Waals surface area (Å²) in [5.41, 5.74) is -0.602. The van der Waals surface area contributed by atoms with Crippen LogP contribution in [0.5, 0.6) is 0 Å². The van der Waals surface area contributed by atoms with Gasteiger partial charge in [-0.25, -0.2) is 0 Å². The fourth-order valence-corrected chi connectivity index (χ4v) is 0.966. The van der Waals surface area contributed by atoms with Gasteiger partial charge in [0.2, 0.25) is 0 Å². The first-order chi connectivity index (χ1) is 5.00. The lowest BCUT2D eigenvalue weighted by Crippen LogP contribution is -2.13. The smallest absolute Gasteiger partial charge is 0.166 e. The quantitative estimate of drug-likeness (QED) is 0.505. The second-order valence-corrected chi connectivity index (χ2v) is 2.83. The molecule has 4 heteroatoms. The Hall–Kier alpha value is -0.440. The molecule has 1 atom stereocenters. The summed E-state index contributed by atoms with van der Waals surface area (Å²) in [5, 5.41) is -0.291. The van der Waals surface area contributed by atoms with Gasteiger partial charge in [0.15, 0.2) is 0 Å². The molecule has 1 aliphatic carbocycles. The highest BCUT2D eigenvalue weighted by molar-refractivity contribution is 6.22. The van der Waals surface area contributed by atoms with E-state index < -0.39 is 11.7 Å². The second kappa shape index (κ2) is 2.89. The minimum Gasteiger partial charge on any atom is -0.166 e. The summed E-state index contributed by atoms with van der Waals surface area (Å²) in [6.07, 6.45) is -0.496. The Morgan fingerprint density at radius 1 is 1.45 bits per heavy atom. The van der Waals surface area contributed by atoms with Gasteiger partial charge in [-0.15, -0.1) is 11.6 Å². The normalized spacial score (nSPS) is 25.1. The van der Waals surface area contributed by atoms with Gasteiger partial charge in [-0.2, -0.15) is 13.2 Å². The molecule has 1 unspecified atom stereocenters. The first-order valence-electron chi connectivity index (χ1n) is 3.10. The predicted octanol–water partition coefficient (Wildman–Crippen LogP) is 3.04. The number of hydrogen-bond donors (Lipinski definition) is 0. The van der Waals surface area contributed by atoms with E-state index in [-0.39, 0.29) is 11.8 Å². The third-order valence-corrected chi connectivity index (χ3v) is 1.70. The minimum absolute atomic E-state index is 0.257. The van der Waals surface area contributed by atoms with Crippen LogP contribution >= 0.6 is 11.6 Å². The standard InChI is InChI=1S/C7H6ClF3/c8-6-3-1-5(2-4-6)7(9,10)11/h1-3,6H,4H2. The summed E-state index contributed by atoms with van der Waals surface area (Å²) < 4.78 is 35.7. The van der Waals surface area contributed by atoms with Gasteiger partial charge in [-0.1, -0.05) is 18.2 Å². The maximum absolute atomic E-state index is 11.9. The summed E-state index contributed by atoms with van der Waals surface area (Å²) in [6, 6.07) is 0. The monoisotopic (exact) mass is 182 g/mol. The molecule has 0 saturated heterocycles. The van der Waals surface area contributed by atoms with Crippen LogP contribution in [-0.2, 0) is 0 Å². The lowest BCUT2D eigenvalue weighted by molar-refractivity contribution is -0.0885. The Morgan fingerprint density at radius 2 is 2.09 bits per heavy atom. The maximum Gasteiger partial charge on any atom is 0.416 e. The van der Waals surface area contributed by atoms with Crippen molar-refractivity contribution in [1.29, 1.82) is 0 Å². The summed E-state index contributed by atoms with van der Waals surface area (Å²) in [6.45, 7) is 0. The molecule has 0 spiro atoms. The van der Waals surface area contributed by atoms with Gasteiger partial charge in [-0.3, -0.25) is 0 Å². The van der Waals surface area contributed by atoms with Crippen LogP contribution in [0, 0.1) is 0 Å². The molecule has 0 bridgehead atoms. The highest BCUT2D eigenvalue weighted by Crippen LogP contribution is 2.30. The third kappa shape index (κ3) is 2.26. The second-order valence-electron chi connectivity index (χ2n) is 2.27. The van der Waals surface area contributed by atoms with Crippen LogP contribution in [0.3, 0.4) is 0 Å². The van der Waals surface area contributed by atoms with E-state index in [2.05, 4.69) is 0 Å². The van der Waals surface area contributed by atoms with Crippen LogP contribution in [-0.4, -0.2) is 11.6 Å². The van der Waals surface area contributed by atoms with E-state index in [1.807, 2.05) is 0 Å². The molecule has 1 aliphatic rings. The fourth-order valence-electron chi connectivity index (χ4n) is 0.804. The molecule has 0 saturated carbocycles. The zero-order chi connectivity index (χ0) is 8.48. The highest BCUT2D eigenvalue weighted by atomic mass is 35.5. The van der Waals surface area contributed by atoms with Crippen molar-refractivity contribution in [2.24, 2.45) is 0 Å². The van der Waals surface area contributed by atoms with Gasteiger partial charge in [0.25, 0.3) is 0 Å². The highest BCUT2D eigenvalue weighted by Gasteiger charge is 2.32. The Morgan fingerprint density at radius 3 is 2.45 bits per heavy atom. The van der Waals surface area contributed by atoms with Crippen molar-refractivity contribution in [3.05, 3.63) is 23.8 Å². The van der Waals surface area contributed by atoms with Crippen LogP contribution in [0.25, 0.3) is 0 Å². The number of allylic oxidation sites excluding steroid dienone is 4. The van der Waals surface area contributed by atoms with Crippen molar-refractivity contribution < 1.29 is 13.2 Å². The Balaban J connectivity index is 2.71. The van der Waals surface area contributed by atoms with Gasteiger partial charge in [0.1, 0.15) is 0 Å². The molecule has 0 aromatic carbocycles. The van der Waals surface area contributed by atoms with Crippen molar-refractivity contribution >= 4 is 11.6 Å². The summed E-state index contributed by atoms with van der Waals surface area (Å²) in [5.74, 6) is 0. The number of alkyl halides is 4. The van der Waals surface area contributed by atoms with Crippen LogP contribution in [0.2, 0.25) is 0 Å². The van der Waals surface area contributed by atoms with Crippen molar-refractivity contribution in [1.82, 2.24) is 0 Å². The van der Waals surface area contributed by atoms with Crippen LogP contribution in [0.1, 0.15) is 6.42 Å². The molecular weight excluding hydrogens is 177 g/mol. The molecule has 0 aromatic rings. The average Bonchev–Trinajstić information content (AvgIpc) is 1.86. The lowest BCUT2D eigenvalue weighted by atomic mass is 10.1. The van der Waals surface area contributed by atoms with E-state index in [4.69, 9.17) is 11.6 Å². The largest absolute Gasteiger partial charge is 0.416 e. The third-order valence-electron chi connectivity index (χ3n) is 1.37. The first-order valence-corrected chi connectivity index (χ1v) is 3.53. The maximum atomic E-state index is 11.9. The first kappa shape index (κ1) is 8.65. The molecule has 0 aliphatic heterocycles.